The van der Waals surface area contributed by atoms with Gasteiger partial charge in [-0.15, -0.1) is 34.0 Å². The highest BCUT2D eigenvalue weighted by atomic mass is 32.1. The molecule has 0 saturated carbocycles. The third-order valence-electron chi connectivity index (χ3n) is 15.6. The van der Waals surface area contributed by atoms with Crippen molar-refractivity contribution in [3.63, 3.8) is 0 Å². The Kier molecular flexibility index (Phi) is 21.9. The molecule has 2 N–H and O–H groups in total. The molecule has 2 aliphatic rings. The second-order valence-electron chi connectivity index (χ2n) is 23.2. The van der Waals surface area contributed by atoms with Crippen LogP contribution in [-0.4, -0.2) is 75.9 Å². The smallest absolute Gasteiger partial charge is 0.416 e. The molecule has 0 fully saturated rings. The number of halogens is 9. The van der Waals surface area contributed by atoms with Crippen LogP contribution < -0.4 is 9.47 Å². The number of alkyl halides is 9. The minimum Gasteiger partial charge on any atom is -0.478 e. The maximum atomic E-state index is 12.9. The van der Waals surface area contributed by atoms with E-state index < -0.39 is 58.4 Å². The van der Waals surface area contributed by atoms with Gasteiger partial charge in [0, 0.05) is 68.5 Å². The number of fused-ring (bicyclic) bond motifs is 2. The average Bonchev–Trinajstić information content (AvgIpc) is 2.78. The van der Waals surface area contributed by atoms with Gasteiger partial charge in [0.05, 0.1) is 29.9 Å². The normalized spacial score (nSPS) is 14.2. The number of rotatable bonds is 15. The fourth-order valence-corrected chi connectivity index (χ4v) is 13.7. The van der Waals surface area contributed by atoms with E-state index in [-0.39, 0.29) is 6.61 Å². The number of nitrogens with zero attached hydrogens (tertiary/aromatic N) is 2. The Balaban J connectivity index is 0.000000184. The summed E-state index contributed by atoms with van der Waals surface area (Å²) < 4.78 is 131. The van der Waals surface area contributed by atoms with Gasteiger partial charge in [-0.3, -0.25) is 9.80 Å². The summed E-state index contributed by atoms with van der Waals surface area (Å²) in [6.45, 7) is 19.6. The van der Waals surface area contributed by atoms with Gasteiger partial charge in [0.25, 0.3) is 0 Å². The predicted octanol–water partition coefficient (Wildman–Crippen LogP) is 17.9. The zero-order valence-electron chi connectivity index (χ0n) is 51.1. The van der Waals surface area contributed by atoms with Gasteiger partial charge in [-0.2, -0.15) is 39.5 Å². The fourth-order valence-electron chi connectivity index (χ4n) is 10.3. The van der Waals surface area contributed by atoms with Crippen molar-refractivity contribution in [2.24, 2.45) is 0 Å². The molecule has 0 spiro atoms. The molecule has 0 bridgehead atoms. The third kappa shape index (κ3) is 17.9. The summed E-state index contributed by atoms with van der Waals surface area (Å²) in [6.07, 6.45) is -9.48. The number of aliphatic hydroxyl groups is 1. The summed E-state index contributed by atoms with van der Waals surface area (Å²) in [6, 6.07) is 33.5. The van der Waals surface area contributed by atoms with Crippen LogP contribution >= 0.6 is 34.0 Å². The van der Waals surface area contributed by atoms with Gasteiger partial charge < -0.3 is 24.4 Å². The maximum absolute atomic E-state index is 12.9. The van der Waals surface area contributed by atoms with E-state index in [1.54, 1.807) is 55.6 Å². The van der Waals surface area contributed by atoms with Gasteiger partial charge in [0.1, 0.15) is 11.5 Å². The van der Waals surface area contributed by atoms with Crippen LogP contribution in [0.25, 0.3) is 31.3 Å². The number of carbonyl (C=O) groups excluding carboxylic acids is 1. The highest BCUT2D eigenvalue weighted by Crippen LogP contribution is 2.39. The summed E-state index contributed by atoms with van der Waals surface area (Å²) in [5.41, 5.74) is 6.17. The molecule has 0 unspecified atom stereocenters. The van der Waals surface area contributed by atoms with Gasteiger partial charge in [-0.05, 0) is 216 Å². The Morgan fingerprint density at radius 1 is 0.467 bits per heavy atom. The number of carbonyl (C=O) groups is 2. The number of carboxylic acid groups (broad SMARTS) is 1. The van der Waals surface area contributed by atoms with Gasteiger partial charge >= 0.3 is 30.5 Å². The Morgan fingerprint density at radius 3 is 1.10 bits per heavy atom. The molecule has 0 radical (unpaired) electrons. The van der Waals surface area contributed by atoms with Crippen LogP contribution in [0.5, 0.6) is 11.5 Å². The molecule has 90 heavy (non-hydrogen) atoms. The lowest BCUT2D eigenvalue weighted by molar-refractivity contribution is -0.158. The van der Waals surface area contributed by atoms with E-state index >= 15 is 0 Å². The van der Waals surface area contributed by atoms with Crippen molar-refractivity contribution in [1.82, 2.24) is 9.80 Å². The highest BCUT2D eigenvalue weighted by Gasteiger charge is 2.35. The molecule has 9 nitrogen and oxygen atoms in total. The predicted molar refractivity (Wildman–Crippen MR) is 336 cm³/mol. The van der Waals surface area contributed by atoms with Crippen molar-refractivity contribution in [3.8, 4) is 42.8 Å². The van der Waals surface area contributed by atoms with Crippen molar-refractivity contribution in [3.05, 3.63) is 198 Å². The van der Waals surface area contributed by atoms with E-state index in [0.29, 0.717) is 18.1 Å². The van der Waals surface area contributed by atoms with Crippen LogP contribution in [-0.2, 0) is 78.2 Å². The number of carboxylic acids is 1. The van der Waals surface area contributed by atoms with Crippen molar-refractivity contribution >= 4 is 45.9 Å². The number of thiophene rings is 3. The molecule has 8 aromatic rings. The number of benzene rings is 5. The Bertz CT molecular complexity index is 3750. The van der Waals surface area contributed by atoms with Crippen molar-refractivity contribution in [1.29, 1.82) is 0 Å². The average molecular weight is 1310 g/mol. The van der Waals surface area contributed by atoms with Crippen LogP contribution in [0.15, 0.2) is 127 Å². The lowest BCUT2D eigenvalue weighted by atomic mass is 10.0. The first kappa shape index (κ1) is 68.9. The van der Waals surface area contributed by atoms with Gasteiger partial charge in [0.2, 0.25) is 0 Å². The molecule has 480 valence electrons. The van der Waals surface area contributed by atoms with Crippen LogP contribution in [0, 0.1) is 20.8 Å². The van der Waals surface area contributed by atoms with E-state index in [1.807, 2.05) is 56.3 Å². The molecular formula is C69H71F9N2O7S3. The van der Waals surface area contributed by atoms with Gasteiger partial charge in [-0.25, -0.2) is 9.59 Å². The van der Waals surface area contributed by atoms with Gasteiger partial charge in [0.15, 0.2) is 11.2 Å². The van der Waals surface area contributed by atoms with E-state index in [2.05, 4.69) is 28.9 Å². The number of aliphatic carboxylic acids is 1. The second-order valence-corrected chi connectivity index (χ2v) is 26.6. The molecule has 3 aromatic heterocycles. The highest BCUT2D eigenvalue weighted by molar-refractivity contribution is 7.16. The third-order valence-corrected chi connectivity index (χ3v) is 19.4. The van der Waals surface area contributed by atoms with E-state index in [0.717, 1.165) is 154 Å². The SMILES string of the molecule is CCOC(=O)C(C)(C)Oc1ccc2c(c1)CCN(Cc1sc(-c3ccc(C(F)(F)F)cc3)cc1C)CC2.Cc1cc(-c2ccc(C(F)(F)F)cc2)sc1CN1CCc2ccc(OC(C)(C)C(=O)O)cc2CC1.Cc1cc(-c2ccc(C(F)(F)F)cc2)sc1CO. The number of ether oxygens (including phenoxy) is 3. The number of aryl methyl sites for hydroxylation is 3. The molecule has 0 aliphatic carbocycles. The Labute approximate surface area is 530 Å². The van der Waals surface area contributed by atoms with Crippen molar-refractivity contribution < 1.29 is 73.5 Å². The molecule has 10 rings (SSSR count). The standard InChI is InChI=1S/C29H32F3NO3S.C27H28F3NO3S.C13H11F3OS/c1-5-35-27(34)28(3,4)36-24-11-8-20-12-14-33(15-13-22(20)17-24)18-26-19(2)16-25(37-26)21-6-9-23(10-7-21)29(30,31)32;1-17-14-23(19-4-7-21(8-5-19)27(28,29)30)35-24(17)16-31-12-10-18-6-9-22(15-20(18)11-13-31)34-26(2,3)25(32)33;1-8-6-11(18-12(8)7-17)9-2-4-10(5-3-9)13(14,15)16/h6-11,16-17H,5,12-15,18H2,1-4H3;4-9,14-15H,10-13,16H2,1-3H3,(H,32,33);2-6,17H,7H2,1H3. The van der Waals surface area contributed by atoms with Crippen molar-refractivity contribution in [2.45, 2.75) is 131 Å². The Morgan fingerprint density at radius 2 is 0.789 bits per heavy atom. The number of hydrogen-bond acceptors (Lipinski definition) is 11. The first-order chi connectivity index (χ1) is 42.3. The maximum Gasteiger partial charge on any atom is 0.416 e. The van der Waals surface area contributed by atoms with Crippen molar-refractivity contribution in [2.75, 3.05) is 32.8 Å². The molecule has 5 aromatic carbocycles. The van der Waals surface area contributed by atoms with E-state index in [9.17, 15) is 54.2 Å². The minimum absolute atomic E-state index is 0.0445. The van der Waals surface area contributed by atoms with Crippen LogP contribution in [0.1, 0.15) is 105 Å². The zero-order chi connectivity index (χ0) is 65.5. The summed E-state index contributed by atoms with van der Waals surface area (Å²) in [5, 5.41) is 18.4. The molecule has 2 aliphatic heterocycles. The number of hydrogen-bond donors (Lipinski definition) is 2. The Hall–Kier alpha value is -7.01. The largest absolute Gasteiger partial charge is 0.478 e. The number of esters is 1. The summed E-state index contributed by atoms with van der Waals surface area (Å²) in [4.78, 5) is 34.5. The summed E-state index contributed by atoms with van der Waals surface area (Å²) >= 11 is 4.66. The first-order valence-corrected chi connectivity index (χ1v) is 31.6. The molecule has 21 heteroatoms. The molecule has 0 amide bonds. The summed E-state index contributed by atoms with van der Waals surface area (Å²) in [5.74, 6) is -0.195. The van der Waals surface area contributed by atoms with Gasteiger partial charge in [-0.1, -0.05) is 48.5 Å². The van der Waals surface area contributed by atoms with Crippen LogP contribution in [0.4, 0.5) is 39.5 Å². The quantitative estimate of drug-likeness (QED) is 0.0766. The lowest BCUT2D eigenvalue weighted by Crippen LogP contribution is -2.39. The molecule has 0 atom stereocenters. The van der Waals surface area contributed by atoms with E-state index in [1.165, 1.54) is 81.5 Å². The van der Waals surface area contributed by atoms with E-state index in [4.69, 9.17) is 19.3 Å². The molecule has 0 saturated heterocycles. The summed E-state index contributed by atoms with van der Waals surface area (Å²) in [7, 11) is 0. The minimum atomic E-state index is -4.33. The van der Waals surface area contributed by atoms with Crippen LogP contribution in [0.2, 0.25) is 0 Å². The lowest BCUT2D eigenvalue weighted by Gasteiger charge is -2.24. The first-order valence-electron chi connectivity index (χ1n) is 29.2. The molecule has 5 heterocycles. The number of aliphatic hydroxyl groups excluding tert-OH is 1. The second kappa shape index (κ2) is 28.7. The molecular weight excluding hydrogens is 1240 g/mol. The fraction of sp³-hybridized carbons (Fsp3) is 0.362. The van der Waals surface area contributed by atoms with Crippen LogP contribution in [0.3, 0.4) is 0 Å². The monoisotopic (exact) mass is 1310 g/mol. The topological polar surface area (TPSA) is 109 Å². The zero-order valence-corrected chi connectivity index (χ0v) is 53.5.